The maximum Gasteiger partial charge on any atom is 0.0137 e. The Morgan fingerprint density at radius 2 is 1.75 bits per heavy atom. The van der Waals surface area contributed by atoms with Crippen molar-refractivity contribution in [1.29, 1.82) is 0 Å². The van der Waals surface area contributed by atoms with Crippen LogP contribution in [0, 0.1) is 12.3 Å². The quantitative estimate of drug-likeness (QED) is 0.637. The van der Waals surface area contributed by atoms with Crippen LogP contribution in [0.5, 0.6) is 0 Å². The van der Waals surface area contributed by atoms with Crippen molar-refractivity contribution >= 4 is 0 Å². The Kier molecular flexibility index (Phi) is 2.75. The zero-order chi connectivity index (χ0) is 11.8. The first kappa shape index (κ1) is 11.2. The molecular weight excluding hydrogens is 192 g/mol. The van der Waals surface area contributed by atoms with Gasteiger partial charge in [-0.25, -0.2) is 0 Å². The van der Waals surface area contributed by atoms with Crippen LogP contribution in [-0.2, 0) is 0 Å². The molecule has 84 valence electrons. The van der Waals surface area contributed by atoms with Gasteiger partial charge in [-0.15, -0.1) is 0 Å². The molecule has 0 saturated heterocycles. The summed E-state index contributed by atoms with van der Waals surface area (Å²) in [6, 6.07) is 8.73. The van der Waals surface area contributed by atoms with E-state index in [1.807, 2.05) is 0 Å². The topological polar surface area (TPSA) is 0 Å². The molecule has 2 rings (SSSR count). The van der Waals surface area contributed by atoms with E-state index in [1.54, 1.807) is 0 Å². The highest BCUT2D eigenvalue weighted by molar-refractivity contribution is 5.41. The number of allylic oxidation sites excluding steroid dienone is 4. The Balaban J connectivity index is 2.51. The molecule has 16 heavy (non-hydrogen) atoms. The van der Waals surface area contributed by atoms with E-state index in [0.29, 0.717) is 5.92 Å². The van der Waals surface area contributed by atoms with Gasteiger partial charge in [-0.2, -0.15) is 0 Å². The fraction of sp³-hybridized carbons (Fsp3) is 0.375. The molecule has 0 nitrogen and oxygen atoms in total. The SMILES string of the molecule is CC1=CC=CC(C)(C)C1c1ccccc1C. The molecule has 1 unspecified atom stereocenters. The second-order valence-corrected chi connectivity index (χ2v) is 5.38. The first-order chi connectivity index (χ1) is 7.52. The summed E-state index contributed by atoms with van der Waals surface area (Å²) in [5.74, 6) is 0.513. The van der Waals surface area contributed by atoms with Gasteiger partial charge < -0.3 is 0 Å². The van der Waals surface area contributed by atoms with Crippen LogP contribution in [0.2, 0.25) is 0 Å². The lowest BCUT2D eigenvalue weighted by Crippen LogP contribution is -2.23. The van der Waals surface area contributed by atoms with Gasteiger partial charge in [-0.1, -0.05) is 61.9 Å². The molecule has 1 atom stereocenters. The molecule has 0 spiro atoms. The van der Waals surface area contributed by atoms with Gasteiger partial charge in [0.2, 0.25) is 0 Å². The van der Waals surface area contributed by atoms with E-state index in [0.717, 1.165) is 0 Å². The fourth-order valence-corrected chi connectivity index (χ4v) is 2.78. The van der Waals surface area contributed by atoms with Crippen LogP contribution in [0.15, 0.2) is 48.1 Å². The summed E-state index contributed by atoms with van der Waals surface area (Å²) >= 11 is 0. The lowest BCUT2D eigenvalue weighted by Gasteiger charge is -2.36. The molecule has 1 aliphatic carbocycles. The van der Waals surface area contributed by atoms with Crippen molar-refractivity contribution in [3.05, 3.63) is 59.2 Å². The normalized spacial score (nSPS) is 23.0. The number of hydrogen-bond donors (Lipinski definition) is 0. The lowest BCUT2D eigenvalue weighted by atomic mass is 9.68. The third kappa shape index (κ3) is 1.84. The molecule has 0 bridgehead atoms. The van der Waals surface area contributed by atoms with Gasteiger partial charge in [0.1, 0.15) is 0 Å². The third-order valence-electron chi connectivity index (χ3n) is 3.58. The Labute approximate surface area is 98.7 Å². The van der Waals surface area contributed by atoms with E-state index in [9.17, 15) is 0 Å². The minimum absolute atomic E-state index is 0.213. The predicted octanol–water partition coefficient (Wildman–Crippen LogP) is 4.62. The molecule has 0 aliphatic heterocycles. The van der Waals surface area contributed by atoms with Crippen molar-refractivity contribution < 1.29 is 0 Å². The summed E-state index contributed by atoms with van der Waals surface area (Å²) in [5, 5.41) is 0. The highest BCUT2D eigenvalue weighted by atomic mass is 14.4. The van der Waals surface area contributed by atoms with Crippen molar-refractivity contribution in [2.24, 2.45) is 5.41 Å². The number of aryl methyl sites for hydroxylation is 1. The number of hydrogen-bond acceptors (Lipinski definition) is 0. The first-order valence-electron chi connectivity index (χ1n) is 5.94. The van der Waals surface area contributed by atoms with E-state index in [-0.39, 0.29) is 5.41 Å². The minimum atomic E-state index is 0.213. The van der Waals surface area contributed by atoms with Crippen LogP contribution in [-0.4, -0.2) is 0 Å². The number of rotatable bonds is 1. The van der Waals surface area contributed by atoms with Crippen molar-refractivity contribution in [2.75, 3.05) is 0 Å². The van der Waals surface area contributed by atoms with Crippen molar-refractivity contribution in [3.8, 4) is 0 Å². The maximum absolute atomic E-state index is 2.32. The van der Waals surface area contributed by atoms with Gasteiger partial charge in [0.25, 0.3) is 0 Å². The Morgan fingerprint density at radius 3 is 2.38 bits per heavy atom. The van der Waals surface area contributed by atoms with Gasteiger partial charge >= 0.3 is 0 Å². The van der Waals surface area contributed by atoms with E-state index in [4.69, 9.17) is 0 Å². The molecule has 0 heterocycles. The highest BCUT2D eigenvalue weighted by Crippen LogP contribution is 2.44. The van der Waals surface area contributed by atoms with Gasteiger partial charge in [-0.3, -0.25) is 0 Å². The van der Waals surface area contributed by atoms with E-state index in [1.165, 1.54) is 16.7 Å². The van der Waals surface area contributed by atoms with Crippen LogP contribution in [0.3, 0.4) is 0 Å². The molecule has 0 heteroatoms. The van der Waals surface area contributed by atoms with Crippen LogP contribution >= 0.6 is 0 Å². The molecular formula is C16H20. The average Bonchev–Trinajstić information content (AvgIpc) is 2.19. The third-order valence-corrected chi connectivity index (χ3v) is 3.58. The Bertz CT molecular complexity index is 447. The second-order valence-electron chi connectivity index (χ2n) is 5.38. The standard InChI is InChI=1S/C16H20/c1-12-8-5-6-10-14(12)15-13(2)9-7-11-16(15,3)4/h5-11,15H,1-4H3. The van der Waals surface area contributed by atoms with Gasteiger partial charge in [-0.05, 0) is 30.4 Å². The summed E-state index contributed by atoms with van der Waals surface area (Å²) < 4.78 is 0. The molecule has 1 aromatic carbocycles. The monoisotopic (exact) mass is 212 g/mol. The molecule has 1 aliphatic rings. The Hall–Kier alpha value is -1.30. The van der Waals surface area contributed by atoms with Crippen LogP contribution in [0.25, 0.3) is 0 Å². The molecule has 1 aromatic rings. The molecule has 0 N–H and O–H groups in total. The zero-order valence-corrected chi connectivity index (χ0v) is 10.6. The van der Waals surface area contributed by atoms with Crippen molar-refractivity contribution in [1.82, 2.24) is 0 Å². The van der Waals surface area contributed by atoms with Crippen molar-refractivity contribution in [2.45, 2.75) is 33.6 Å². The molecule has 0 fully saturated rings. The minimum Gasteiger partial charge on any atom is -0.0779 e. The maximum atomic E-state index is 2.32. The number of benzene rings is 1. The van der Waals surface area contributed by atoms with E-state index < -0.39 is 0 Å². The van der Waals surface area contributed by atoms with Crippen molar-refractivity contribution in [3.63, 3.8) is 0 Å². The average molecular weight is 212 g/mol. The summed E-state index contributed by atoms with van der Waals surface area (Å²) in [5.41, 5.74) is 4.53. The van der Waals surface area contributed by atoms with Gasteiger partial charge in [0.15, 0.2) is 0 Å². The van der Waals surface area contributed by atoms with Crippen LogP contribution in [0.4, 0.5) is 0 Å². The smallest absolute Gasteiger partial charge is 0.0137 e. The van der Waals surface area contributed by atoms with Crippen LogP contribution in [0.1, 0.15) is 37.8 Å². The summed E-state index contributed by atoms with van der Waals surface area (Å²) in [7, 11) is 0. The van der Waals surface area contributed by atoms with E-state index in [2.05, 4.69) is 70.2 Å². The molecule has 0 amide bonds. The zero-order valence-electron chi connectivity index (χ0n) is 10.6. The Morgan fingerprint density at radius 1 is 1.06 bits per heavy atom. The molecule has 0 radical (unpaired) electrons. The molecule has 0 aromatic heterocycles. The highest BCUT2D eigenvalue weighted by Gasteiger charge is 2.31. The predicted molar refractivity (Wildman–Crippen MR) is 70.6 cm³/mol. The van der Waals surface area contributed by atoms with Crippen LogP contribution < -0.4 is 0 Å². The van der Waals surface area contributed by atoms with Gasteiger partial charge in [0, 0.05) is 5.92 Å². The first-order valence-corrected chi connectivity index (χ1v) is 5.94. The molecule has 0 saturated carbocycles. The van der Waals surface area contributed by atoms with Gasteiger partial charge in [0.05, 0.1) is 0 Å². The second kappa shape index (κ2) is 3.93. The lowest BCUT2D eigenvalue weighted by molar-refractivity contribution is 0.405. The summed E-state index contributed by atoms with van der Waals surface area (Å²) in [4.78, 5) is 0. The summed E-state index contributed by atoms with van der Waals surface area (Å²) in [6.07, 6.45) is 6.74. The van der Waals surface area contributed by atoms with E-state index >= 15 is 0 Å². The largest absolute Gasteiger partial charge is 0.0779 e. The summed E-state index contributed by atoms with van der Waals surface area (Å²) in [6.45, 7) is 9.08. The fourth-order valence-electron chi connectivity index (χ4n) is 2.78.